The molecule has 26 heavy (non-hydrogen) atoms. The fourth-order valence-corrected chi connectivity index (χ4v) is 4.46. The third-order valence-electron chi connectivity index (χ3n) is 4.52. The molecule has 3 rings (SSSR count). The van der Waals surface area contributed by atoms with Gasteiger partial charge >= 0.3 is 0 Å². The molecule has 0 spiro atoms. The molecule has 2 amide bonds. The quantitative estimate of drug-likeness (QED) is 0.794. The minimum atomic E-state index is -3.55. The Morgan fingerprint density at radius 2 is 1.85 bits per heavy atom. The second-order valence-electron chi connectivity index (χ2n) is 6.36. The average Bonchev–Trinajstić information content (AvgIpc) is 3.24. The predicted octanol–water partition coefficient (Wildman–Crippen LogP) is 1.64. The molecule has 0 unspecified atom stereocenters. The molecule has 7 nitrogen and oxygen atoms in total. The maximum atomic E-state index is 12.4. The van der Waals surface area contributed by atoms with Crippen molar-refractivity contribution in [1.29, 1.82) is 0 Å². The fraction of sp³-hybridized carbons (Fsp3) is 0.333. The normalized spacial score (nSPS) is 20.0. The molecule has 1 fully saturated rings. The summed E-state index contributed by atoms with van der Waals surface area (Å²) in [7, 11) is -3.55. The lowest BCUT2D eigenvalue weighted by molar-refractivity contribution is -0.122. The first-order valence-electron chi connectivity index (χ1n) is 8.33. The number of hydrogen-bond donors (Lipinski definition) is 2. The Morgan fingerprint density at radius 1 is 1.12 bits per heavy atom. The van der Waals surface area contributed by atoms with E-state index in [-0.39, 0.29) is 34.1 Å². The molecule has 138 valence electrons. The Labute approximate surface area is 151 Å². The Bertz CT molecular complexity index is 905. The third-order valence-corrected chi connectivity index (χ3v) is 6.17. The first kappa shape index (κ1) is 18.2. The van der Waals surface area contributed by atoms with Crippen LogP contribution in [0.1, 0.15) is 35.6 Å². The van der Waals surface area contributed by atoms with Crippen LogP contribution < -0.4 is 11.1 Å². The van der Waals surface area contributed by atoms with E-state index in [9.17, 15) is 18.0 Å². The molecule has 3 N–H and O–H groups in total. The van der Waals surface area contributed by atoms with Gasteiger partial charge in [-0.2, -0.15) is 0 Å². The standard InChI is InChI=1S/C18H20N2O5S/c19-17(21)14-7-4-8-15(14)20-18(22)16-10-9-12(25-16)11-26(23,24)13-5-2-1-3-6-13/h1-3,5-6,9-10,14-15H,4,7-8,11H2,(H2,19,21)(H,20,22)/t14-,15-/m1/s1. The number of benzene rings is 1. The zero-order valence-electron chi connectivity index (χ0n) is 14.1. The molecule has 0 aliphatic heterocycles. The highest BCUT2D eigenvalue weighted by atomic mass is 32.2. The lowest BCUT2D eigenvalue weighted by atomic mass is 10.0. The number of furan rings is 1. The van der Waals surface area contributed by atoms with E-state index in [1.807, 2.05) is 0 Å². The highest BCUT2D eigenvalue weighted by molar-refractivity contribution is 7.90. The predicted molar refractivity (Wildman–Crippen MR) is 93.8 cm³/mol. The fourth-order valence-electron chi connectivity index (χ4n) is 3.19. The van der Waals surface area contributed by atoms with Crippen LogP contribution in [0.3, 0.4) is 0 Å². The number of carbonyl (C=O) groups excluding carboxylic acids is 2. The number of nitrogens with one attached hydrogen (secondary N) is 1. The molecule has 8 heteroatoms. The Morgan fingerprint density at radius 3 is 2.54 bits per heavy atom. The molecule has 2 atom stereocenters. The van der Waals surface area contributed by atoms with Gasteiger partial charge in [-0.25, -0.2) is 8.42 Å². The van der Waals surface area contributed by atoms with Gasteiger partial charge in [0, 0.05) is 6.04 Å². The zero-order chi connectivity index (χ0) is 18.7. The summed E-state index contributed by atoms with van der Waals surface area (Å²) in [6.45, 7) is 0. The smallest absolute Gasteiger partial charge is 0.287 e. The van der Waals surface area contributed by atoms with Gasteiger partial charge in [-0.3, -0.25) is 9.59 Å². The summed E-state index contributed by atoms with van der Waals surface area (Å²) in [6.07, 6.45) is 2.14. The van der Waals surface area contributed by atoms with Crippen LogP contribution in [0, 0.1) is 5.92 Å². The van der Waals surface area contributed by atoms with Crippen LogP contribution in [0.5, 0.6) is 0 Å². The van der Waals surface area contributed by atoms with Gasteiger partial charge in [-0.05, 0) is 37.1 Å². The molecular formula is C18H20N2O5S. The lowest BCUT2D eigenvalue weighted by Crippen LogP contribution is -2.42. The number of amides is 2. The van der Waals surface area contributed by atoms with Crippen LogP contribution in [0.25, 0.3) is 0 Å². The van der Waals surface area contributed by atoms with E-state index >= 15 is 0 Å². The summed E-state index contributed by atoms with van der Waals surface area (Å²) in [4.78, 5) is 23.9. The van der Waals surface area contributed by atoms with Crippen molar-refractivity contribution in [2.75, 3.05) is 0 Å². The highest BCUT2D eigenvalue weighted by Crippen LogP contribution is 2.26. The van der Waals surface area contributed by atoms with Gasteiger partial charge < -0.3 is 15.5 Å². The molecule has 1 saturated carbocycles. The number of nitrogens with two attached hydrogens (primary N) is 1. The van der Waals surface area contributed by atoms with Gasteiger partial charge in [0.2, 0.25) is 5.91 Å². The van der Waals surface area contributed by atoms with Crippen molar-refractivity contribution in [2.24, 2.45) is 11.7 Å². The number of carbonyl (C=O) groups is 2. The first-order chi connectivity index (χ1) is 12.4. The van der Waals surface area contributed by atoms with Crippen LogP contribution in [0.4, 0.5) is 0 Å². The molecule has 0 radical (unpaired) electrons. The largest absolute Gasteiger partial charge is 0.455 e. The van der Waals surface area contributed by atoms with Gasteiger partial charge in [-0.15, -0.1) is 0 Å². The van der Waals surface area contributed by atoms with Crippen molar-refractivity contribution >= 4 is 21.7 Å². The molecule has 2 aromatic rings. The van der Waals surface area contributed by atoms with Gasteiger partial charge in [-0.1, -0.05) is 24.6 Å². The van der Waals surface area contributed by atoms with Crippen molar-refractivity contribution in [2.45, 2.75) is 36.0 Å². The van der Waals surface area contributed by atoms with Crippen molar-refractivity contribution in [3.05, 3.63) is 54.0 Å². The van der Waals surface area contributed by atoms with Gasteiger partial charge in [0.25, 0.3) is 5.91 Å². The number of rotatable bonds is 6. The summed E-state index contributed by atoms with van der Waals surface area (Å²) in [5.41, 5.74) is 5.35. The summed E-state index contributed by atoms with van der Waals surface area (Å²) in [5.74, 6) is -1.44. The van der Waals surface area contributed by atoms with Crippen molar-refractivity contribution in [1.82, 2.24) is 5.32 Å². The van der Waals surface area contributed by atoms with Gasteiger partial charge in [0.15, 0.2) is 15.6 Å². The number of primary amides is 1. The van der Waals surface area contributed by atoms with E-state index in [1.54, 1.807) is 18.2 Å². The second-order valence-corrected chi connectivity index (χ2v) is 8.35. The van der Waals surface area contributed by atoms with Crippen LogP contribution in [-0.2, 0) is 20.4 Å². The molecule has 1 aliphatic carbocycles. The minimum Gasteiger partial charge on any atom is -0.455 e. The van der Waals surface area contributed by atoms with Crippen LogP contribution in [0.15, 0.2) is 51.8 Å². The van der Waals surface area contributed by atoms with E-state index in [0.717, 1.165) is 6.42 Å². The number of hydrogen-bond acceptors (Lipinski definition) is 5. The average molecular weight is 376 g/mol. The third kappa shape index (κ3) is 3.96. The maximum absolute atomic E-state index is 12.4. The Kier molecular flexibility index (Phi) is 5.13. The summed E-state index contributed by atoms with van der Waals surface area (Å²) >= 11 is 0. The van der Waals surface area contributed by atoms with Crippen LogP contribution in [0.2, 0.25) is 0 Å². The molecule has 1 aromatic heterocycles. The zero-order valence-corrected chi connectivity index (χ0v) is 14.9. The van der Waals surface area contributed by atoms with Crippen molar-refractivity contribution in [3.8, 4) is 0 Å². The molecular weight excluding hydrogens is 356 g/mol. The van der Waals surface area contributed by atoms with Gasteiger partial charge in [0.1, 0.15) is 11.5 Å². The number of sulfone groups is 1. The molecule has 1 heterocycles. The van der Waals surface area contributed by atoms with Crippen molar-refractivity contribution < 1.29 is 22.4 Å². The molecule has 0 saturated heterocycles. The SMILES string of the molecule is NC(=O)[C@@H]1CCC[C@H]1NC(=O)c1ccc(CS(=O)(=O)c2ccccc2)o1. The Hall–Kier alpha value is -2.61. The lowest BCUT2D eigenvalue weighted by Gasteiger charge is -2.17. The van der Waals surface area contributed by atoms with Crippen molar-refractivity contribution in [3.63, 3.8) is 0 Å². The first-order valence-corrected chi connectivity index (χ1v) is 9.99. The van der Waals surface area contributed by atoms with Gasteiger partial charge in [0.05, 0.1) is 10.8 Å². The summed E-state index contributed by atoms with van der Waals surface area (Å²) < 4.78 is 30.1. The van der Waals surface area contributed by atoms with E-state index in [4.69, 9.17) is 10.2 Å². The topological polar surface area (TPSA) is 119 Å². The molecule has 1 aliphatic rings. The van der Waals surface area contributed by atoms with Crippen LogP contribution >= 0.6 is 0 Å². The monoisotopic (exact) mass is 376 g/mol. The second kappa shape index (κ2) is 7.33. The Balaban J connectivity index is 1.68. The molecule has 1 aromatic carbocycles. The summed E-state index contributed by atoms with van der Waals surface area (Å²) in [6, 6.07) is 10.6. The highest BCUT2D eigenvalue weighted by Gasteiger charge is 2.33. The van der Waals surface area contributed by atoms with E-state index < -0.39 is 21.7 Å². The van der Waals surface area contributed by atoms with Crippen LogP contribution in [-0.4, -0.2) is 26.3 Å². The van der Waals surface area contributed by atoms with E-state index in [2.05, 4.69) is 5.32 Å². The molecule has 0 bridgehead atoms. The summed E-state index contributed by atoms with van der Waals surface area (Å²) in [5, 5.41) is 2.75. The van der Waals surface area contributed by atoms with E-state index in [1.165, 1.54) is 24.3 Å². The van der Waals surface area contributed by atoms with E-state index in [0.29, 0.717) is 12.8 Å². The minimum absolute atomic E-state index is 0.0124. The maximum Gasteiger partial charge on any atom is 0.287 e.